The van der Waals surface area contributed by atoms with E-state index in [1.54, 1.807) is 31.4 Å². The van der Waals surface area contributed by atoms with Gasteiger partial charge in [-0.15, -0.1) is 0 Å². The fourth-order valence-corrected chi connectivity index (χ4v) is 4.27. The average molecular weight is 329 g/mol. The van der Waals surface area contributed by atoms with Gasteiger partial charge in [0.1, 0.15) is 0 Å². The highest BCUT2D eigenvalue weighted by atomic mass is 32.2. The van der Waals surface area contributed by atoms with Crippen molar-refractivity contribution >= 4 is 33.0 Å². The number of thiocarbonyl (C=S) groups is 1. The van der Waals surface area contributed by atoms with E-state index in [2.05, 4.69) is 5.32 Å². The van der Waals surface area contributed by atoms with E-state index >= 15 is 0 Å². The molecule has 1 fully saturated rings. The number of nitrogens with one attached hydrogen (secondary N) is 1. The summed E-state index contributed by atoms with van der Waals surface area (Å²) in [6.45, 7) is 0.948. The lowest BCUT2D eigenvalue weighted by Gasteiger charge is -2.23. The Hall–Kier alpha value is -1.22. The molecule has 0 spiro atoms. The van der Waals surface area contributed by atoms with Crippen molar-refractivity contribution < 1.29 is 13.2 Å². The molecule has 21 heavy (non-hydrogen) atoms. The molecule has 6 nitrogen and oxygen atoms in total. The number of nitrogens with zero attached hydrogens (tertiary/aromatic N) is 1. The molecule has 0 aromatic heterocycles. The van der Waals surface area contributed by atoms with Crippen molar-refractivity contribution in [2.24, 2.45) is 5.73 Å². The van der Waals surface area contributed by atoms with Gasteiger partial charge in [0.05, 0.1) is 11.5 Å². The number of anilines is 1. The Kier molecular flexibility index (Phi) is 5.15. The van der Waals surface area contributed by atoms with Gasteiger partial charge in [-0.3, -0.25) is 0 Å². The topological polar surface area (TPSA) is 84.7 Å². The second-order valence-corrected chi connectivity index (χ2v) is 7.21. The van der Waals surface area contributed by atoms with Crippen LogP contribution in [0.1, 0.15) is 12.8 Å². The summed E-state index contributed by atoms with van der Waals surface area (Å²) < 4.78 is 31.9. The predicted octanol–water partition coefficient (Wildman–Crippen LogP) is 1.14. The minimum atomic E-state index is -3.49. The summed E-state index contributed by atoms with van der Waals surface area (Å²) in [6, 6.07) is 6.31. The zero-order chi connectivity index (χ0) is 15.5. The fourth-order valence-electron chi connectivity index (χ4n) is 2.47. The molecule has 1 atom stereocenters. The van der Waals surface area contributed by atoms with E-state index in [1.807, 2.05) is 0 Å². The van der Waals surface area contributed by atoms with E-state index in [1.165, 1.54) is 4.31 Å². The molecule has 0 radical (unpaired) electrons. The lowest BCUT2D eigenvalue weighted by atomic mass is 10.2. The molecule has 116 valence electrons. The van der Waals surface area contributed by atoms with E-state index in [9.17, 15) is 8.42 Å². The second-order valence-electron chi connectivity index (χ2n) is 4.88. The third kappa shape index (κ3) is 3.70. The molecule has 0 bridgehead atoms. The minimum absolute atomic E-state index is 0.0885. The van der Waals surface area contributed by atoms with Crippen molar-refractivity contribution in [2.45, 2.75) is 23.8 Å². The van der Waals surface area contributed by atoms with Crippen LogP contribution in [0, 0.1) is 0 Å². The number of methoxy groups -OCH3 is 1. The number of hydrogen-bond acceptors (Lipinski definition) is 4. The van der Waals surface area contributed by atoms with Crippen LogP contribution < -0.4 is 11.1 Å². The highest BCUT2D eigenvalue weighted by molar-refractivity contribution is 7.89. The standard InChI is InChI=1S/C13H19N3O3S2/c1-19-9-11-3-2-8-16(11)21(17,18)12-6-4-10(5-7-12)15-13(14)20/h4-7,11H,2-3,8-9H2,1H3,(H3,14,15,20). The Morgan fingerprint density at radius 3 is 2.71 bits per heavy atom. The molecule has 8 heteroatoms. The summed E-state index contributed by atoms with van der Waals surface area (Å²) in [7, 11) is -1.91. The van der Waals surface area contributed by atoms with Gasteiger partial charge in [0.15, 0.2) is 5.11 Å². The first-order valence-corrected chi connectivity index (χ1v) is 8.47. The zero-order valence-electron chi connectivity index (χ0n) is 11.8. The number of hydrogen-bond donors (Lipinski definition) is 2. The van der Waals surface area contributed by atoms with Crippen LogP contribution in [-0.4, -0.2) is 44.1 Å². The summed E-state index contributed by atoms with van der Waals surface area (Å²) >= 11 is 4.74. The van der Waals surface area contributed by atoms with Crippen molar-refractivity contribution in [3.8, 4) is 0 Å². The maximum atomic E-state index is 12.7. The number of benzene rings is 1. The van der Waals surface area contributed by atoms with Crippen LogP contribution in [0.4, 0.5) is 5.69 Å². The van der Waals surface area contributed by atoms with Crippen molar-refractivity contribution in [3.05, 3.63) is 24.3 Å². The van der Waals surface area contributed by atoms with Gasteiger partial charge in [-0.25, -0.2) is 8.42 Å². The molecule has 1 aliphatic heterocycles. The third-order valence-corrected chi connectivity index (χ3v) is 5.48. The number of ether oxygens (including phenoxy) is 1. The van der Waals surface area contributed by atoms with E-state index in [0.29, 0.717) is 18.8 Å². The molecule has 1 aliphatic rings. The second kappa shape index (κ2) is 6.69. The SMILES string of the molecule is COCC1CCCN1S(=O)(=O)c1ccc(NC(N)=S)cc1. The Labute approximate surface area is 130 Å². The molecule has 2 rings (SSSR count). The van der Waals surface area contributed by atoms with Crippen LogP contribution in [0.2, 0.25) is 0 Å². The average Bonchev–Trinajstić information content (AvgIpc) is 2.88. The number of nitrogens with two attached hydrogens (primary N) is 1. The van der Waals surface area contributed by atoms with E-state index in [-0.39, 0.29) is 16.0 Å². The normalized spacial score (nSPS) is 19.6. The van der Waals surface area contributed by atoms with Gasteiger partial charge >= 0.3 is 0 Å². The largest absolute Gasteiger partial charge is 0.383 e. The Morgan fingerprint density at radius 1 is 1.48 bits per heavy atom. The van der Waals surface area contributed by atoms with Crippen LogP contribution >= 0.6 is 12.2 Å². The van der Waals surface area contributed by atoms with Gasteiger partial charge in [-0.1, -0.05) is 0 Å². The summed E-state index contributed by atoms with van der Waals surface area (Å²) in [5.74, 6) is 0. The van der Waals surface area contributed by atoms with Gasteiger partial charge in [-0.2, -0.15) is 4.31 Å². The molecule has 0 amide bonds. The summed E-state index contributed by atoms with van der Waals surface area (Å²) in [6.07, 6.45) is 1.68. The first-order valence-electron chi connectivity index (χ1n) is 6.62. The molecule has 1 saturated heterocycles. The highest BCUT2D eigenvalue weighted by Gasteiger charge is 2.35. The van der Waals surface area contributed by atoms with Crippen molar-refractivity contribution in [3.63, 3.8) is 0 Å². The van der Waals surface area contributed by atoms with Crippen molar-refractivity contribution in [1.82, 2.24) is 4.31 Å². The van der Waals surface area contributed by atoms with Crippen LogP contribution in [0.5, 0.6) is 0 Å². The van der Waals surface area contributed by atoms with Gasteiger partial charge in [0, 0.05) is 25.4 Å². The van der Waals surface area contributed by atoms with E-state index in [0.717, 1.165) is 12.8 Å². The lowest BCUT2D eigenvalue weighted by Crippen LogP contribution is -2.38. The quantitative estimate of drug-likeness (QED) is 0.788. The predicted molar refractivity (Wildman–Crippen MR) is 85.6 cm³/mol. The van der Waals surface area contributed by atoms with Crippen LogP contribution in [0.3, 0.4) is 0 Å². The monoisotopic (exact) mass is 329 g/mol. The number of rotatable bonds is 5. The van der Waals surface area contributed by atoms with Gasteiger partial charge in [0.25, 0.3) is 0 Å². The third-order valence-electron chi connectivity index (χ3n) is 3.41. The lowest BCUT2D eigenvalue weighted by molar-refractivity contribution is 0.149. The van der Waals surface area contributed by atoms with Gasteiger partial charge in [0.2, 0.25) is 10.0 Å². The summed E-state index contributed by atoms with van der Waals surface area (Å²) in [5.41, 5.74) is 6.04. The summed E-state index contributed by atoms with van der Waals surface area (Å²) in [4.78, 5) is 0.263. The highest BCUT2D eigenvalue weighted by Crippen LogP contribution is 2.26. The first kappa shape index (κ1) is 16.2. The molecule has 1 unspecified atom stereocenters. The number of sulfonamides is 1. The van der Waals surface area contributed by atoms with Gasteiger partial charge in [-0.05, 0) is 49.3 Å². The molecule has 3 N–H and O–H groups in total. The fraction of sp³-hybridized carbons (Fsp3) is 0.462. The first-order chi connectivity index (χ1) is 9.95. The maximum Gasteiger partial charge on any atom is 0.243 e. The summed E-state index contributed by atoms with van der Waals surface area (Å²) in [5, 5.41) is 2.91. The minimum Gasteiger partial charge on any atom is -0.383 e. The molecule has 1 aromatic carbocycles. The molecule has 1 aromatic rings. The van der Waals surface area contributed by atoms with Crippen molar-refractivity contribution in [1.29, 1.82) is 0 Å². The van der Waals surface area contributed by atoms with Crippen molar-refractivity contribution in [2.75, 3.05) is 25.6 Å². The van der Waals surface area contributed by atoms with Crippen LogP contribution in [0.25, 0.3) is 0 Å². The molecular weight excluding hydrogens is 310 g/mol. The zero-order valence-corrected chi connectivity index (χ0v) is 13.4. The van der Waals surface area contributed by atoms with E-state index in [4.69, 9.17) is 22.7 Å². The Morgan fingerprint density at radius 2 is 2.14 bits per heavy atom. The molecule has 0 aliphatic carbocycles. The van der Waals surface area contributed by atoms with Crippen LogP contribution in [0.15, 0.2) is 29.2 Å². The van der Waals surface area contributed by atoms with Crippen LogP contribution in [-0.2, 0) is 14.8 Å². The smallest absolute Gasteiger partial charge is 0.243 e. The molecule has 1 heterocycles. The Bertz CT molecular complexity index is 602. The Balaban J connectivity index is 2.21. The molecular formula is C13H19N3O3S2. The van der Waals surface area contributed by atoms with Gasteiger partial charge < -0.3 is 15.8 Å². The maximum absolute atomic E-state index is 12.7. The molecule has 0 saturated carbocycles. The van der Waals surface area contributed by atoms with E-state index < -0.39 is 10.0 Å².